The van der Waals surface area contributed by atoms with E-state index in [9.17, 15) is 35.6 Å². The van der Waals surface area contributed by atoms with Gasteiger partial charge in [-0.3, -0.25) is 13.9 Å². The molecule has 1 atom stereocenters. The van der Waals surface area contributed by atoms with Crippen LogP contribution < -0.4 is 9.62 Å². The summed E-state index contributed by atoms with van der Waals surface area (Å²) >= 11 is 0. The summed E-state index contributed by atoms with van der Waals surface area (Å²) in [4.78, 5) is 27.3. The number of nitrogens with one attached hydrogen (secondary N) is 1. The molecule has 0 unspecified atom stereocenters. The first kappa shape index (κ1) is 30.6. The van der Waals surface area contributed by atoms with Gasteiger partial charge in [0.1, 0.15) is 18.4 Å². The van der Waals surface area contributed by atoms with Gasteiger partial charge < -0.3 is 10.2 Å². The highest BCUT2D eigenvalue weighted by Crippen LogP contribution is 2.33. The highest BCUT2D eigenvalue weighted by molar-refractivity contribution is 7.92. The molecule has 0 spiro atoms. The number of nitrogens with zero attached hydrogens (tertiary/aromatic N) is 2. The Hall–Kier alpha value is -3.93. The number of carbonyl (C=O) groups excluding carboxylic acids is 2. The molecule has 0 aliphatic heterocycles. The third-order valence-electron chi connectivity index (χ3n) is 5.97. The van der Waals surface area contributed by atoms with Gasteiger partial charge in [0.25, 0.3) is 10.0 Å². The van der Waals surface area contributed by atoms with Crippen molar-refractivity contribution in [1.29, 1.82) is 0 Å². The average Bonchev–Trinajstić information content (AvgIpc) is 2.90. The third-order valence-corrected chi connectivity index (χ3v) is 7.76. The fourth-order valence-corrected chi connectivity index (χ4v) is 5.31. The van der Waals surface area contributed by atoms with E-state index in [1.165, 1.54) is 55.5 Å². The van der Waals surface area contributed by atoms with Crippen LogP contribution in [0.5, 0.6) is 0 Å². The van der Waals surface area contributed by atoms with Gasteiger partial charge in [-0.25, -0.2) is 12.8 Å². The molecule has 0 saturated heterocycles. The fourth-order valence-electron chi connectivity index (χ4n) is 3.88. The number of anilines is 1. The highest BCUT2D eigenvalue weighted by atomic mass is 32.2. The van der Waals surface area contributed by atoms with Gasteiger partial charge in [-0.15, -0.1) is 0 Å². The molecule has 3 rings (SSSR count). The van der Waals surface area contributed by atoms with Gasteiger partial charge >= 0.3 is 6.18 Å². The van der Waals surface area contributed by atoms with Crippen LogP contribution in [0.15, 0.2) is 83.8 Å². The summed E-state index contributed by atoms with van der Waals surface area (Å²) in [5, 5.41) is 2.66. The van der Waals surface area contributed by atoms with Gasteiger partial charge in [0.05, 0.1) is 16.1 Å². The molecule has 0 radical (unpaired) electrons. The van der Waals surface area contributed by atoms with Crippen LogP contribution in [0.3, 0.4) is 0 Å². The third kappa shape index (κ3) is 7.38. The summed E-state index contributed by atoms with van der Waals surface area (Å²) in [6.45, 7) is 3.47. The SMILES string of the molecule is CC(C)NC(=O)[C@H](C)N(Cc1ccccc1F)C(=O)CN(c1cccc(C(F)(F)F)c1)S(=O)(=O)c1ccccc1. The summed E-state index contributed by atoms with van der Waals surface area (Å²) in [6, 6.07) is 14.6. The Morgan fingerprint density at radius 1 is 0.900 bits per heavy atom. The van der Waals surface area contributed by atoms with Crippen LogP contribution in [0, 0.1) is 5.82 Å². The summed E-state index contributed by atoms with van der Waals surface area (Å²) in [6.07, 6.45) is -4.78. The number of hydrogen-bond acceptors (Lipinski definition) is 4. The maximum absolute atomic E-state index is 14.5. The van der Waals surface area contributed by atoms with Gasteiger partial charge in [-0.2, -0.15) is 13.2 Å². The molecule has 7 nitrogen and oxygen atoms in total. The molecule has 214 valence electrons. The van der Waals surface area contributed by atoms with Crippen molar-refractivity contribution < 1.29 is 35.6 Å². The van der Waals surface area contributed by atoms with Crippen LogP contribution in [-0.4, -0.2) is 43.8 Å². The van der Waals surface area contributed by atoms with E-state index in [4.69, 9.17) is 0 Å². The van der Waals surface area contributed by atoms with E-state index in [-0.39, 0.29) is 23.0 Å². The first-order chi connectivity index (χ1) is 18.7. The largest absolute Gasteiger partial charge is 0.416 e. The van der Waals surface area contributed by atoms with Gasteiger partial charge in [0.15, 0.2) is 0 Å². The fraction of sp³-hybridized carbons (Fsp3) is 0.286. The van der Waals surface area contributed by atoms with Crippen molar-refractivity contribution in [1.82, 2.24) is 10.2 Å². The summed E-state index contributed by atoms with van der Waals surface area (Å²) in [5.41, 5.74) is -1.45. The van der Waals surface area contributed by atoms with Crippen molar-refractivity contribution in [3.8, 4) is 0 Å². The van der Waals surface area contributed by atoms with E-state index in [0.717, 1.165) is 23.1 Å². The normalized spacial score (nSPS) is 12.6. The standard InChI is InChI=1S/C28H29F4N3O4S/c1-19(2)33-27(37)20(3)34(17-21-10-7-8-15-25(21)29)26(36)18-35(40(38,39)24-13-5-4-6-14-24)23-12-9-11-22(16-23)28(30,31)32/h4-16,19-20H,17-18H2,1-3H3,(H,33,37)/t20-/m0/s1. The van der Waals surface area contributed by atoms with E-state index in [1.807, 2.05) is 0 Å². The topological polar surface area (TPSA) is 86.8 Å². The van der Waals surface area contributed by atoms with E-state index < -0.39 is 57.7 Å². The average molecular weight is 580 g/mol. The second-order valence-electron chi connectivity index (χ2n) is 9.33. The Labute approximate surface area is 230 Å². The van der Waals surface area contributed by atoms with Crippen molar-refractivity contribution in [3.63, 3.8) is 0 Å². The molecule has 0 aromatic heterocycles. The molecule has 0 bridgehead atoms. The number of benzene rings is 3. The molecule has 0 fully saturated rings. The molecule has 3 aromatic carbocycles. The first-order valence-electron chi connectivity index (χ1n) is 12.3. The van der Waals surface area contributed by atoms with E-state index in [0.29, 0.717) is 10.4 Å². The summed E-state index contributed by atoms with van der Waals surface area (Å²) in [7, 11) is -4.55. The zero-order valence-corrected chi connectivity index (χ0v) is 22.8. The van der Waals surface area contributed by atoms with Crippen molar-refractivity contribution in [2.75, 3.05) is 10.8 Å². The minimum atomic E-state index is -4.78. The molecule has 0 aliphatic rings. The predicted molar refractivity (Wildman–Crippen MR) is 142 cm³/mol. The van der Waals surface area contributed by atoms with Crippen LogP contribution in [0.2, 0.25) is 0 Å². The second-order valence-corrected chi connectivity index (χ2v) is 11.2. The highest BCUT2D eigenvalue weighted by Gasteiger charge is 2.35. The number of rotatable bonds is 10. The van der Waals surface area contributed by atoms with E-state index in [2.05, 4.69) is 5.32 Å². The van der Waals surface area contributed by atoms with Crippen LogP contribution >= 0.6 is 0 Å². The molecule has 0 saturated carbocycles. The molecule has 12 heteroatoms. The quantitative estimate of drug-likeness (QED) is 0.343. The Kier molecular flexibility index (Phi) is 9.56. The van der Waals surface area contributed by atoms with Crippen LogP contribution in [0.4, 0.5) is 23.2 Å². The predicted octanol–water partition coefficient (Wildman–Crippen LogP) is 4.98. The van der Waals surface area contributed by atoms with Gasteiger partial charge in [0, 0.05) is 18.2 Å². The lowest BCUT2D eigenvalue weighted by Gasteiger charge is -2.32. The molecule has 40 heavy (non-hydrogen) atoms. The maximum Gasteiger partial charge on any atom is 0.416 e. The number of amides is 2. The van der Waals surface area contributed by atoms with E-state index >= 15 is 0 Å². The Morgan fingerprint density at radius 2 is 1.52 bits per heavy atom. The maximum atomic E-state index is 14.5. The van der Waals surface area contributed by atoms with Crippen molar-refractivity contribution in [3.05, 3.63) is 95.8 Å². The zero-order chi connectivity index (χ0) is 29.7. The summed E-state index contributed by atoms with van der Waals surface area (Å²) < 4.78 is 82.9. The minimum Gasteiger partial charge on any atom is -0.352 e. The van der Waals surface area contributed by atoms with Gasteiger partial charge in [0.2, 0.25) is 11.8 Å². The molecule has 1 N–H and O–H groups in total. The zero-order valence-electron chi connectivity index (χ0n) is 22.0. The van der Waals surface area contributed by atoms with E-state index in [1.54, 1.807) is 19.9 Å². The molecule has 2 amide bonds. The molecule has 0 aliphatic carbocycles. The lowest BCUT2D eigenvalue weighted by atomic mass is 10.1. The Morgan fingerprint density at radius 3 is 2.12 bits per heavy atom. The molecule has 3 aromatic rings. The minimum absolute atomic E-state index is 0.0663. The number of sulfonamides is 1. The number of carbonyl (C=O) groups is 2. The molecular weight excluding hydrogens is 550 g/mol. The van der Waals surface area contributed by atoms with Gasteiger partial charge in [-0.05, 0) is 57.2 Å². The van der Waals surface area contributed by atoms with Crippen LogP contribution in [0.25, 0.3) is 0 Å². The smallest absolute Gasteiger partial charge is 0.352 e. The Bertz CT molecular complexity index is 1450. The molecule has 0 heterocycles. The van der Waals surface area contributed by atoms with Crippen molar-refractivity contribution in [2.45, 2.75) is 50.5 Å². The first-order valence-corrected chi connectivity index (χ1v) is 13.7. The van der Waals surface area contributed by atoms with Gasteiger partial charge in [-0.1, -0.05) is 42.5 Å². The second kappa shape index (κ2) is 12.5. The number of hydrogen-bond donors (Lipinski definition) is 1. The molecular formula is C28H29F4N3O4S. The lowest BCUT2D eigenvalue weighted by Crippen LogP contribution is -2.52. The van der Waals surface area contributed by atoms with Crippen LogP contribution in [0.1, 0.15) is 31.9 Å². The monoisotopic (exact) mass is 579 g/mol. The van der Waals surface area contributed by atoms with Crippen molar-refractivity contribution in [2.24, 2.45) is 0 Å². The summed E-state index contributed by atoms with van der Waals surface area (Å²) in [5.74, 6) is -2.15. The number of alkyl halides is 3. The van der Waals surface area contributed by atoms with Crippen LogP contribution in [-0.2, 0) is 32.3 Å². The van der Waals surface area contributed by atoms with Crippen molar-refractivity contribution >= 4 is 27.5 Å². The number of halogens is 4. The Balaban J connectivity index is 2.09. The lowest BCUT2D eigenvalue weighted by molar-refractivity contribution is -0.139.